The highest BCUT2D eigenvalue weighted by molar-refractivity contribution is 5.67. The van der Waals surface area contributed by atoms with Crippen molar-refractivity contribution < 1.29 is 9.53 Å². The molecule has 2 N–H and O–H groups in total. The summed E-state index contributed by atoms with van der Waals surface area (Å²) in [6.07, 6.45) is 1.42. The minimum absolute atomic E-state index is 0.280. The number of imidazole rings is 1. The number of carbonyl (C=O) groups is 1. The van der Waals surface area contributed by atoms with Crippen molar-refractivity contribution in [1.29, 1.82) is 0 Å². The Morgan fingerprint density at radius 1 is 1.52 bits per heavy atom. The highest BCUT2D eigenvalue weighted by Crippen LogP contribution is 2.10. The number of carbonyl (C=O) groups excluding carboxylic acids is 1. The van der Waals surface area contributed by atoms with E-state index in [0.717, 1.165) is 24.5 Å². The van der Waals surface area contributed by atoms with E-state index in [-0.39, 0.29) is 6.09 Å². The molecule has 1 rings (SSSR count). The lowest BCUT2D eigenvalue weighted by Gasteiger charge is -2.26. The average Bonchev–Trinajstić information content (AvgIpc) is 2.73. The third-order valence-corrected chi connectivity index (χ3v) is 3.01. The number of nitrogens with zero attached hydrogens (tertiary/aromatic N) is 2. The first-order valence-corrected chi connectivity index (χ1v) is 7.32. The quantitative estimate of drug-likeness (QED) is 0.845. The molecule has 1 aromatic heterocycles. The van der Waals surface area contributed by atoms with Crippen LogP contribution >= 0.6 is 0 Å². The van der Waals surface area contributed by atoms with Crippen molar-refractivity contribution >= 4 is 6.09 Å². The van der Waals surface area contributed by atoms with Gasteiger partial charge in [-0.05, 0) is 40.2 Å². The van der Waals surface area contributed by atoms with Crippen molar-refractivity contribution in [2.45, 2.75) is 46.8 Å². The van der Waals surface area contributed by atoms with Crippen molar-refractivity contribution in [1.82, 2.24) is 20.2 Å². The lowest BCUT2D eigenvalue weighted by molar-refractivity contribution is 0.0277. The van der Waals surface area contributed by atoms with Crippen molar-refractivity contribution in [2.75, 3.05) is 20.1 Å². The number of aromatic amines is 1. The minimum Gasteiger partial charge on any atom is -0.444 e. The molecular formula is C15H28N4O2. The maximum absolute atomic E-state index is 11.9. The van der Waals surface area contributed by atoms with Crippen LogP contribution in [0.3, 0.4) is 0 Å². The first-order chi connectivity index (χ1) is 9.69. The van der Waals surface area contributed by atoms with Crippen LogP contribution in [0.15, 0.2) is 6.33 Å². The number of rotatable bonds is 6. The number of aromatic nitrogens is 2. The smallest absolute Gasteiger partial charge is 0.410 e. The van der Waals surface area contributed by atoms with Crippen LogP contribution in [0.5, 0.6) is 0 Å². The van der Waals surface area contributed by atoms with Gasteiger partial charge in [0.15, 0.2) is 0 Å². The van der Waals surface area contributed by atoms with Gasteiger partial charge in [-0.1, -0.05) is 6.92 Å². The van der Waals surface area contributed by atoms with E-state index in [1.54, 1.807) is 18.3 Å². The molecule has 1 unspecified atom stereocenters. The van der Waals surface area contributed by atoms with Crippen molar-refractivity contribution in [2.24, 2.45) is 5.92 Å². The SMILES string of the molecule is Cc1[nH]cnc1CNCC(C)CN(C)C(=O)OC(C)(C)C. The number of hydrogen-bond acceptors (Lipinski definition) is 4. The fourth-order valence-corrected chi connectivity index (χ4v) is 1.95. The third kappa shape index (κ3) is 6.62. The Morgan fingerprint density at radius 2 is 2.19 bits per heavy atom. The Kier molecular flexibility index (Phi) is 6.20. The van der Waals surface area contributed by atoms with Gasteiger partial charge in [-0.25, -0.2) is 9.78 Å². The highest BCUT2D eigenvalue weighted by Gasteiger charge is 2.20. The summed E-state index contributed by atoms with van der Waals surface area (Å²) in [7, 11) is 1.77. The van der Waals surface area contributed by atoms with Crippen LogP contribution in [0, 0.1) is 12.8 Å². The van der Waals surface area contributed by atoms with Crippen LogP contribution < -0.4 is 5.32 Å². The van der Waals surface area contributed by atoms with Gasteiger partial charge in [0.2, 0.25) is 0 Å². The van der Waals surface area contributed by atoms with Gasteiger partial charge < -0.3 is 19.9 Å². The van der Waals surface area contributed by atoms with Gasteiger partial charge in [0, 0.05) is 25.8 Å². The number of H-pyrrole nitrogens is 1. The summed E-state index contributed by atoms with van der Waals surface area (Å²) in [4.78, 5) is 20.8. The molecule has 0 aliphatic carbocycles. The van der Waals surface area contributed by atoms with Gasteiger partial charge in [-0.3, -0.25) is 0 Å². The summed E-state index contributed by atoms with van der Waals surface area (Å²) in [6.45, 7) is 11.9. The second-order valence-corrected chi connectivity index (χ2v) is 6.57. The van der Waals surface area contributed by atoms with Gasteiger partial charge in [0.05, 0.1) is 12.0 Å². The highest BCUT2D eigenvalue weighted by atomic mass is 16.6. The molecule has 0 fully saturated rings. The average molecular weight is 296 g/mol. The monoisotopic (exact) mass is 296 g/mol. The van der Waals surface area contributed by atoms with E-state index >= 15 is 0 Å². The molecule has 0 saturated carbocycles. The first-order valence-electron chi connectivity index (χ1n) is 7.32. The summed E-state index contributed by atoms with van der Waals surface area (Å²) in [6, 6.07) is 0. The van der Waals surface area contributed by atoms with E-state index in [1.807, 2.05) is 27.7 Å². The van der Waals surface area contributed by atoms with Gasteiger partial charge in [-0.2, -0.15) is 0 Å². The standard InChI is InChI=1S/C15H28N4O2/c1-11(7-16-8-13-12(2)17-10-18-13)9-19(6)14(20)21-15(3,4)5/h10-11,16H,7-9H2,1-6H3,(H,17,18). The molecule has 1 atom stereocenters. The maximum Gasteiger partial charge on any atom is 0.410 e. The van der Waals surface area contributed by atoms with Crippen LogP contribution in [-0.4, -0.2) is 46.7 Å². The van der Waals surface area contributed by atoms with E-state index in [1.165, 1.54) is 0 Å². The number of aryl methyl sites for hydroxylation is 1. The molecule has 1 aromatic rings. The topological polar surface area (TPSA) is 70.2 Å². The van der Waals surface area contributed by atoms with E-state index < -0.39 is 5.60 Å². The Labute approximate surface area is 127 Å². The molecular weight excluding hydrogens is 268 g/mol. The Balaban J connectivity index is 2.28. The number of hydrogen-bond donors (Lipinski definition) is 2. The zero-order valence-corrected chi connectivity index (χ0v) is 14.0. The molecule has 1 heterocycles. The maximum atomic E-state index is 11.9. The molecule has 0 spiro atoms. The fourth-order valence-electron chi connectivity index (χ4n) is 1.95. The molecule has 0 radical (unpaired) electrons. The summed E-state index contributed by atoms with van der Waals surface area (Å²) < 4.78 is 5.33. The minimum atomic E-state index is -0.454. The summed E-state index contributed by atoms with van der Waals surface area (Å²) in [5.41, 5.74) is 1.66. The van der Waals surface area contributed by atoms with E-state index in [0.29, 0.717) is 12.5 Å². The predicted octanol–water partition coefficient (Wildman–Crippen LogP) is 2.31. The molecule has 6 heteroatoms. The largest absolute Gasteiger partial charge is 0.444 e. The number of ether oxygens (including phenoxy) is 1. The molecule has 120 valence electrons. The lowest BCUT2D eigenvalue weighted by atomic mass is 10.1. The van der Waals surface area contributed by atoms with Crippen LogP contribution in [0.1, 0.15) is 39.1 Å². The number of amides is 1. The molecule has 21 heavy (non-hydrogen) atoms. The van der Waals surface area contributed by atoms with Gasteiger partial charge in [0.1, 0.15) is 5.60 Å². The molecule has 6 nitrogen and oxygen atoms in total. The second-order valence-electron chi connectivity index (χ2n) is 6.57. The van der Waals surface area contributed by atoms with Crippen molar-refractivity contribution in [3.8, 4) is 0 Å². The van der Waals surface area contributed by atoms with Crippen LogP contribution in [0.25, 0.3) is 0 Å². The summed E-state index contributed by atoms with van der Waals surface area (Å²) >= 11 is 0. The van der Waals surface area contributed by atoms with Gasteiger partial charge in [0.25, 0.3) is 0 Å². The van der Waals surface area contributed by atoms with Crippen molar-refractivity contribution in [3.63, 3.8) is 0 Å². The van der Waals surface area contributed by atoms with Crippen molar-refractivity contribution in [3.05, 3.63) is 17.7 Å². The van der Waals surface area contributed by atoms with Crippen LogP contribution in [-0.2, 0) is 11.3 Å². The second kappa shape index (κ2) is 7.45. The Morgan fingerprint density at radius 3 is 2.71 bits per heavy atom. The van der Waals surface area contributed by atoms with E-state index in [4.69, 9.17) is 4.74 Å². The zero-order valence-electron chi connectivity index (χ0n) is 14.0. The molecule has 0 bridgehead atoms. The number of nitrogens with one attached hydrogen (secondary N) is 2. The summed E-state index contributed by atoms with van der Waals surface area (Å²) in [5.74, 6) is 0.335. The lowest BCUT2D eigenvalue weighted by Crippen LogP contribution is -2.38. The summed E-state index contributed by atoms with van der Waals surface area (Å²) in [5, 5.41) is 3.36. The van der Waals surface area contributed by atoms with Crippen LogP contribution in [0.2, 0.25) is 0 Å². The fraction of sp³-hybridized carbons (Fsp3) is 0.733. The van der Waals surface area contributed by atoms with Gasteiger partial charge >= 0.3 is 6.09 Å². The molecule has 0 aliphatic rings. The normalized spacial score (nSPS) is 13.0. The Hall–Kier alpha value is -1.56. The molecule has 1 amide bonds. The Bertz CT molecular complexity index is 451. The third-order valence-electron chi connectivity index (χ3n) is 3.01. The van der Waals surface area contributed by atoms with E-state index in [2.05, 4.69) is 22.2 Å². The van der Waals surface area contributed by atoms with E-state index in [9.17, 15) is 4.79 Å². The first kappa shape index (κ1) is 17.5. The van der Waals surface area contributed by atoms with Crippen LogP contribution in [0.4, 0.5) is 4.79 Å². The predicted molar refractivity (Wildman–Crippen MR) is 83.1 cm³/mol. The zero-order chi connectivity index (χ0) is 16.0. The van der Waals surface area contributed by atoms with Gasteiger partial charge in [-0.15, -0.1) is 0 Å². The molecule has 0 aromatic carbocycles. The molecule has 0 aliphatic heterocycles. The molecule has 0 saturated heterocycles.